The maximum absolute atomic E-state index is 14.5. The van der Waals surface area contributed by atoms with E-state index in [4.69, 9.17) is 29.0 Å². The summed E-state index contributed by atoms with van der Waals surface area (Å²) in [4.78, 5) is 22.5. The van der Waals surface area contributed by atoms with E-state index in [1.54, 1.807) is 44.6 Å². The van der Waals surface area contributed by atoms with E-state index in [2.05, 4.69) is 20.9 Å². The summed E-state index contributed by atoms with van der Waals surface area (Å²) in [5.74, 6) is 1.63. The van der Waals surface area contributed by atoms with Crippen molar-refractivity contribution >= 4 is 17.5 Å². The summed E-state index contributed by atoms with van der Waals surface area (Å²) in [5, 5.41) is 12.9. The maximum Gasteiger partial charge on any atom is 0.266 e. The van der Waals surface area contributed by atoms with Crippen molar-refractivity contribution in [1.29, 1.82) is 0 Å². The number of amides is 1. The van der Waals surface area contributed by atoms with Crippen molar-refractivity contribution in [3.8, 4) is 17.2 Å². The normalized spacial score (nSPS) is 16.7. The van der Waals surface area contributed by atoms with E-state index in [-0.39, 0.29) is 25.5 Å². The highest BCUT2D eigenvalue weighted by molar-refractivity contribution is 6.01. The lowest BCUT2D eigenvalue weighted by molar-refractivity contribution is -0.130. The Morgan fingerprint density at radius 3 is 2.47 bits per heavy atom. The minimum absolute atomic E-state index is 0.0414. The molecule has 0 spiro atoms. The average Bonchev–Trinajstić information content (AvgIpc) is 3.50. The first-order valence-corrected chi connectivity index (χ1v) is 15.0. The molecule has 1 aliphatic rings. The number of hydrogen-bond acceptors (Lipinski definition) is 9. The van der Waals surface area contributed by atoms with Crippen LogP contribution in [0.2, 0.25) is 0 Å². The molecule has 5 rings (SSSR count). The largest absolute Gasteiger partial charge is 0.494 e. The Hall–Kier alpha value is -5.55. The second-order valence-electron chi connectivity index (χ2n) is 10.7. The Morgan fingerprint density at radius 1 is 1.00 bits per heavy atom. The number of nitrogens with zero attached hydrogens (tertiary/aromatic N) is 4. The summed E-state index contributed by atoms with van der Waals surface area (Å²) in [6.07, 6.45) is -0.246. The van der Waals surface area contributed by atoms with Crippen molar-refractivity contribution in [2.24, 2.45) is 10.1 Å². The number of aliphatic imine (C=N–C) groups is 1. The van der Waals surface area contributed by atoms with Gasteiger partial charge in [0.15, 0.2) is 23.1 Å². The van der Waals surface area contributed by atoms with E-state index < -0.39 is 17.6 Å². The van der Waals surface area contributed by atoms with Gasteiger partial charge in [0.2, 0.25) is 5.90 Å². The van der Waals surface area contributed by atoms with Gasteiger partial charge in [0.1, 0.15) is 5.75 Å². The molecule has 0 saturated carbocycles. The fourth-order valence-electron chi connectivity index (χ4n) is 5.33. The molecular weight excluding hydrogens is 600 g/mol. The van der Waals surface area contributed by atoms with Crippen LogP contribution in [0.5, 0.6) is 17.2 Å². The van der Waals surface area contributed by atoms with Crippen LogP contribution in [0.1, 0.15) is 34.8 Å². The zero-order chi connectivity index (χ0) is 33.1. The molecule has 1 amide bonds. The van der Waals surface area contributed by atoms with Crippen molar-refractivity contribution in [3.63, 3.8) is 0 Å². The number of aliphatic hydroxyl groups excluding tert-OH is 1. The van der Waals surface area contributed by atoms with Gasteiger partial charge in [-0.05, 0) is 58.6 Å². The quantitative estimate of drug-likeness (QED) is 0.0494. The first-order chi connectivity index (χ1) is 23.0. The number of ether oxygens (including phenoxy) is 4. The van der Waals surface area contributed by atoms with Gasteiger partial charge < -0.3 is 24.1 Å². The highest BCUT2D eigenvalue weighted by Crippen LogP contribution is 2.43. The van der Waals surface area contributed by atoms with Gasteiger partial charge in [0.25, 0.3) is 5.91 Å². The van der Waals surface area contributed by atoms with Gasteiger partial charge in [-0.2, -0.15) is 0 Å². The zero-order valence-electron chi connectivity index (χ0n) is 26.1. The summed E-state index contributed by atoms with van der Waals surface area (Å²) in [6.45, 7) is 0.704. The maximum atomic E-state index is 14.5. The lowest BCUT2D eigenvalue weighted by Crippen LogP contribution is -2.53. The molecule has 4 aromatic carbocycles. The highest BCUT2D eigenvalue weighted by atomic mass is 16.5. The van der Waals surface area contributed by atoms with Gasteiger partial charge in [-0.1, -0.05) is 65.8 Å². The summed E-state index contributed by atoms with van der Waals surface area (Å²) < 4.78 is 23.0. The first-order valence-electron chi connectivity index (χ1n) is 15.0. The number of azide groups is 1. The second-order valence-corrected chi connectivity index (χ2v) is 10.7. The van der Waals surface area contributed by atoms with Crippen molar-refractivity contribution in [3.05, 3.63) is 130 Å². The third-order valence-electron chi connectivity index (χ3n) is 7.68. The van der Waals surface area contributed by atoms with Gasteiger partial charge in [-0.25, -0.2) is 10.4 Å². The molecule has 47 heavy (non-hydrogen) atoms. The van der Waals surface area contributed by atoms with Crippen molar-refractivity contribution in [1.82, 2.24) is 10.9 Å². The molecule has 0 aliphatic carbocycles. The molecule has 12 heteroatoms. The van der Waals surface area contributed by atoms with Gasteiger partial charge >= 0.3 is 0 Å². The number of hydrogen-bond donors (Lipinski definition) is 3. The molecule has 1 heterocycles. The predicted octanol–water partition coefficient (Wildman–Crippen LogP) is 5.73. The third kappa shape index (κ3) is 7.64. The molecule has 0 saturated heterocycles. The number of nitrogens with one attached hydrogen (secondary N) is 2. The molecule has 0 unspecified atom stereocenters. The Kier molecular flexibility index (Phi) is 10.9. The topological polar surface area (TPSA) is 159 Å². The van der Waals surface area contributed by atoms with Gasteiger partial charge in [0, 0.05) is 42.2 Å². The van der Waals surface area contributed by atoms with Gasteiger partial charge in [0.05, 0.1) is 20.8 Å². The number of rotatable bonds is 15. The fraction of sp³-hybridized carbons (Fsp3) is 0.257. The molecule has 0 bridgehead atoms. The molecule has 2 atom stereocenters. The minimum atomic E-state index is -1.52. The van der Waals surface area contributed by atoms with Crippen LogP contribution in [-0.2, 0) is 22.5 Å². The van der Waals surface area contributed by atoms with Crippen LogP contribution in [0.25, 0.3) is 10.4 Å². The third-order valence-corrected chi connectivity index (χ3v) is 7.68. The molecule has 4 aromatic rings. The Balaban J connectivity index is 1.52. The lowest BCUT2D eigenvalue weighted by atomic mass is 9.81. The molecule has 1 aliphatic heterocycles. The highest BCUT2D eigenvalue weighted by Gasteiger charge is 2.53. The van der Waals surface area contributed by atoms with E-state index in [1.807, 2.05) is 66.7 Å². The zero-order valence-corrected chi connectivity index (χ0v) is 26.1. The molecule has 3 N–H and O–H groups in total. The van der Waals surface area contributed by atoms with Crippen molar-refractivity contribution in [2.75, 3.05) is 27.4 Å². The number of carbonyl (C=O) groups excluding carboxylic acids is 1. The van der Waals surface area contributed by atoms with Gasteiger partial charge in [-0.15, -0.1) is 0 Å². The summed E-state index contributed by atoms with van der Waals surface area (Å²) in [6, 6.07) is 29.2. The number of benzene rings is 4. The predicted molar refractivity (Wildman–Crippen MR) is 177 cm³/mol. The lowest BCUT2D eigenvalue weighted by Gasteiger charge is -2.31. The molecule has 0 fully saturated rings. The molecule has 0 aromatic heterocycles. The molecule has 242 valence electrons. The van der Waals surface area contributed by atoms with Crippen LogP contribution in [0.3, 0.4) is 0 Å². The van der Waals surface area contributed by atoms with Gasteiger partial charge in [-0.3, -0.25) is 10.2 Å². The van der Waals surface area contributed by atoms with Crippen LogP contribution in [0.15, 0.2) is 107 Å². The summed E-state index contributed by atoms with van der Waals surface area (Å²) in [7, 11) is 3.13. The van der Waals surface area contributed by atoms with E-state index in [1.165, 1.54) is 0 Å². The van der Waals surface area contributed by atoms with E-state index in [0.717, 1.165) is 11.1 Å². The van der Waals surface area contributed by atoms with Crippen LogP contribution in [0, 0.1) is 0 Å². The monoisotopic (exact) mass is 636 g/mol. The number of methoxy groups -OCH3 is 2. The standard InChI is InChI=1S/C35H36N6O6/c1-44-30-18-13-24(21-31(30)45-2)23-37-40-34(43)35(22-27-11-6-7-12-29(27)39-41-36)32(25-9-4-3-5-10-25)47-33(38-35)26-14-16-28(17-15-26)46-20-8-19-42/h3-7,9-18,21,32,37,42H,8,19-20,22-23H2,1-2H3,(H,40,43)/t32-,35-/m0/s1. The minimum Gasteiger partial charge on any atom is -0.494 e. The first kappa shape index (κ1) is 32.8. The summed E-state index contributed by atoms with van der Waals surface area (Å²) >= 11 is 0. The summed E-state index contributed by atoms with van der Waals surface area (Å²) in [5.41, 5.74) is 16.9. The number of aliphatic hydroxyl groups is 1. The SMILES string of the molecule is COc1ccc(CNNC(=O)[C@@]2(Cc3ccccc3N=[N+]=[N-])N=C(c3ccc(OCCCO)cc3)O[C@H]2c2ccccc2)cc1OC. The van der Waals surface area contributed by atoms with Crippen LogP contribution >= 0.6 is 0 Å². The van der Waals surface area contributed by atoms with E-state index in [0.29, 0.717) is 47.1 Å². The van der Waals surface area contributed by atoms with Crippen LogP contribution in [-0.4, -0.2) is 49.9 Å². The van der Waals surface area contributed by atoms with Crippen LogP contribution < -0.4 is 25.1 Å². The Labute approximate surface area is 272 Å². The second kappa shape index (κ2) is 15.6. The Bertz CT molecular complexity index is 1740. The molecule has 12 nitrogen and oxygen atoms in total. The van der Waals surface area contributed by atoms with E-state index >= 15 is 0 Å². The molecule has 0 radical (unpaired) electrons. The van der Waals surface area contributed by atoms with E-state index in [9.17, 15) is 10.3 Å². The molecular formula is C35H36N6O6. The van der Waals surface area contributed by atoms with Crippen LogP contribution in [0.4, 0.5) is 5.69 Å². The average molecular weight is 637 g/mol. The fourth-order valence-corrected chi connectivity index (χ4v) is 5.33. The number of carbonyl (C=O) groups is 1. The smallest absolute Gasteiger partial charge is 0.266 e. The van der Waals surface area contributed by atoms with Crippen molar-refractivity contribution < 1.29 is 28.8 Å². The Morgan fingerprint density at radius 2 is 1.74 bits per heavy atom. The number of hydrazine groups is 1. The van der Waals surface area contributed by atoms with Crippen molar-refractivity contribution in [2.45, 2.75) is 31.0 Å².